The number of pyridine rings is 1. The molecule has 1 aliphatic carbocycles. The van der Waals surface area contributed by atoms with Gasteiger partial charge in [0.2, 0.25) is 0 Å². The average Bonchev–Trinajstić information content (AvgIpc) is 2.85. The average molecular weight is 532 g/mol. The van der Waals surface area contributed by atoms with Gasteiger partial charge in [0.25, 0.3) is 5.92 Å². The molecule has 7 nitrogen and oxygen atoms in total. The molecule has 0 spiro atoms. The quantitative estimate of drug-likeness (QED) is 0.319. The van der Waals surface area contributed by atoms with Gasteiger partial charge in [-0.15, -0.1) is 0 Å². The van der Waals surface area contributed by atoms with Crippen LogP contribution in [0.5, 0.6) is 11.5 Å². The van der Waals surface area contributed by atoms with E-state index in [-0.39, 0.29) is 0 Å². The van der Waals surface area contributed by atoms with Crippen molar-refractivity contribution in [1.29, 1.82) is 0 Å². The highest BCUT2D eigenvalue weighted by Crippen LogP contribution is 2.46. The Morgan fingerprint density at radius 1 is 1.11 bits per heavy atom. The molecule has 9 heteroatoms. The number of ketones is 1. The van der Waals surface area contributed by atoms with Gasteiger partial charge in [0.1, 0.15) is 17.0 Å². The number of hydrogen-bond acceptors (Lipinski definition) is 5. The summed E-state index contributed by atoms with van der Waals surface area (Å²) >= 11 is 0. The molecule has 208 valence electrons. The molecule has 1 fully saturated rings. The summed E-state index contributed by atoms with van der Waals surface area (Å²) in [5.41, 5.74) is 1.07. The van der Waals surface area contributed by atoms with Crippen LogP contribution in [-0.2, 0) is 11.2 Å². The summed E-state index contributed by atoms with van der Waals surface area (Å²) in [5.74, 6) is -2.11. The molecule has 0 unspecified atom stereocenters. The van der Waals surface area contributed by atoms with Gasteiger partial charge in [0.05, 0.1) is 19.3 Å². The second-order valence-corrected chi connectivity index (χ2v) is 9.93. The number of Topliss-reactive ketones (excluding diaryl/α,β-unsaturated/α-hetero) is 1. The van der Waals surface area contributed by atoms with Gasteiger partial charge >= 0.3 is 6.03 Å². The number of halogens is 2. The SMILES string of the molecule is CCOc1cc([C@@H](C)N(CCCCc2ccccn2)C(=O)NC2(C(C)=O)CC(F)(F)C2)cc(OCC)c1C. The van der Waals surface area contributed by atoms with Gasteiger partial charge in [0.15, 0.2) is 5.78 Å². The maximum atomic E-state index is 13.8. The molecule has 0 bridgehead atoms. The first-order chi connectivity index (χ1) is 18.0. The molecule has 2 aromatic rings. The van der Waals surface area contributed by atoms with Gasteiger partial charge in [-0.3, -0.25) is 9.78 Å². The first kappa shape index (κ1) is 29.3. The van der Waals surface area contributed by atoms with Crippen LogP contribution in [0.4, 0.5) is 13.6 Å². The van der Waals surface area contributed by atoms with E-state index < -0.39 is 42.2 Å². The molecule has 1 aromatic carbocycles. The van der Waals surface area contributed by atoms with Crippen LogP contribution in [0.15, 0.2) is 36.5 Å². The number of unbranched alkanes of at least 4 members (excludes halogenated alkanes) is 1. The minimum Gasteiger partial charge on any atom is -0.493 e. The van der Waals surface area contributed by atoms with E-state index in [1.807, 2.05) is 58.0 Å². The van der Waals surface area contributed by atoms with Crippen LogP contribution in [0.3, 0.4) is 0 Å². The Hall–Kier alpha value is -3.23. The fourth-order valence-corrected chi connectivity index (χ4v) is 4.85. The third-order valence-corrected chi connectivity index (χ3v) is 7.09. The number of nitrogens with one attached hydrogen (secondary N) is 1. The zero-order valence-corrected chi connectivity index (χ0v) is 23.0. The minimum absolute atomic E-state index is 0.367. The Labute approximate surface area is 223 Å². The first-order valence-corrected chi connectivity index (χ1v) is 13.3. The highest BCUT2D eigenvalue weighted by atomic mass is 19.3. The lowest BCUT2D eigenvalue weighted by Gasteiger charge is -2.47. The summed E-state index contributed by atoms with van der Waals surface area (Å²) in [6.07, 6.45) is 2.58. The smallest absolute Gasteiger partial charge is 0.318 e. The van der Waals surface area contributed by atoms with E-state index in [0.717, 1.165) is 29.7 Å². The third kappa shape index (κ3) is 6.99. The van der Waals surface area contributed by atoms with E-state index in [1.165, 1.54) is 6.92 Å². The van der Waals surface area contributed by atoms with Crippen molar-refractivity contribution in [3.05, 3.63) is 53.3 Å². The minimum atomic E-state index is -2.96. The lowest BCUT2D eigenvalue weighted by Crippen LogP contribution is -2.67. The van der Waals surface area contributed by atoms with Gasteiger partial charge in [-0.1, -0.05) is 6.07 Å². The molecule has 0 aliphatic heterocycles. The van der Waals surface area contributed by atoms with Crippen molar-refractivity contribution in [3.8, 4) is 11.5 Å². The number of carbonyl (C=O) groups is 2. The number of hydrogen-bond donors (Lipinski definition) is 1. The molecule has 1 N–H and O–H groups in total. The number of urea groups is 1. The van der Waals surface area contributed by atoms with Gasteiger partial charge in [-0.2, -0.15) is 0 Å². The number of carbonyl (C=O) groups excluding carboxylic acids is 2. The van der Waals surface area contributed by atoms with E-state index >= 15 is 0 Å². The summed E-state index contributed by atoms with van der Waals surface area (Å²) in [6, 6.07) is 8.55. The molecule has 1 atom stereocenters. The lowest BCUT2D eigenvalue weighted by atomic mass is 9.71. The van der Waals surface area contributed by atoms with Crippen molar-refractivity contribution < 1.29 is 27.8 Å². The molecule has 0 radical (unpaired) electrons. The topological polar surface area (TPSA) is 80.8 Å². The number of rotatable bonds is 13. The van der Waals surface area contributed by atoms with Crippen LogP contribution in [0.1, 0.15) is 76.2 Å². The maximum Gasteiger partial charge on any atom is 0.318 e. The van der Waals surface area contributed by atoms with E-state index in [2.05, 4.69) is 10.3 Å². The number of ether oxygens (including phenoxy) is 2. The van der Waals surface area contributed by atoms with Crippen molar-refractivity contribution in [2.24, 2.45) is 0 Å². The lowest BCUT2D eigenvalue weighted by molar-refractivity contribution is -0.157. The van der Waals surface area contributed by atoms with Crippen LogP contribution >= 0.6 is 0 Å². The number of benzene rings is 1. The monoisotopic (exact) mass is 531 g/mol. The molecule has 1 aliphatic rings. The second kappa shape index (κ2) is 12.5. The molecular weight excluding hydrogens is 492 g/mol. The van der Waals surface area contributed by atoms with Crippen LogP contribution in [-0.4, -0.2) is 52.9 Å². The number of aryl methyl sites for hydroxylation is 1. The summed E-state index contributed by atoms with van der Waals surface area (Å²) < 4.78 is 39.3. The fourth-order valence-electron chi connectivity index (χ4n) is 4.85. The van der Waals surface area contributed by atoms with Crippen LogP contribution in [0.2, 0.25) is 0 Å². The maximum absolute atomic E-state index is 13.8. The zero-order valence-electron chi connectivity index (χ0n) is 23.0. The summed E-state index contributed by atoms with van der Waals surface area (Å²) in [5, 5.41) is 2.67. The van der Waals surface area contributed by atoms with E-state index in [4.69, 9.17) is 9.47 Å². The largest absolute Gasteiger partial charge is 0.493 e. The van der Waals surface area contributed by atoms with Crippen molar-refractivity contribution in [2.75, 3.05) is 19.8 Å². The molecule has 1 saturated carbocycles. The van der Waals surface area contributed by atoms with Crippen molar-refractivity contribution in [3.63, 3.8) is 0 Å². The summed E-state index contributed by atoms with van der Waals surface area (Å²) in [7, 11) is 0. The van der Waals surface area contributed by atoms with Gasteiger partial charge in [-0.25, -0.2) is 13.6 Å². The number of nitrogens with zero attached hydrogens (tertiary/aromatic N) is 2. The molecule has 38 heavy (non-hydrogen) atoms. The number of alkyl halides is 2. The Balaban J connectivity index is 1.85. The molecule has 3 rings (SSSR count). The summed E-state index contributed by atoms with van der Waals surface area (Å²) in [4.78, 5) is 31.8. The fraction of sp³-hybridized carbons (Fsp3) is 0.552. The second-order valence-electron chi connectivity index (χ2n) is 9.93. The zero-order chi connectivity index (χ0) is 27.9. The van der Waals surface area contributed by atoms with Crippen LogP contribution in [0, 0.1) is 6.92 Å². The van der Waals surface area contributed by atoms with Crippen molar-refractivity contribution in [2.45, 2.75) is 84.2 Å². The van der Waals surface area contributed by atoms with Crippen LogP contribution in [0.25, 0.3) is 0 Å². The molecule has 0 saturated heterocycles. The van der Waals surface area contributed by atoms with Crippen molar-refractivity contribution in [1.82, 2.24) is 15.2 Å². The van der Waals surface area contributed by atoms with Crippen molar-refractivity contribution >= 4 is 11.8 Å². The predicted octanol–water partition coefficient (Wildman–Crippen LogP) is 6.04. The van der Waals surface area contributed by atoms with E-state index in [0.29, 0.717) is 37.7 Å². The van der Waals surface area contributed by atoms with E-state index in [9.17, 15) is 18.4 Å². The Morgan fingerprint density at radius 2 is 1.74 bits per heavy atom. The molecule has 2 amide bonds. The predicted molar refractivity (Wildman–Crippen MR) is 142 cm³/mol. The highest BCUT2D eigenvalue weighted by molar-refractivity contribution is 5.92. The third-order valence-electron chi connectivity index (χ3n) is 7.09. The Morgan fingerprint density at radius 3 is 2.24 bits per heavy atom. The standard InChI is InChI=1S/C29H39F2N3O4/c1-6-37-25-16-23(17-26(20(25)3)38-7-2)21(4)34(15-11-9-13-24-12-8-10-14-32-24)27(36)33-28(22(5)35)18-29(30,31)19-28/h8,10,12,14,16-17,21H,6-7,9,11,13,15,18-19H2,1-5H3,(H,33,36)/t21-/m1/s1. The van der Waals surface area contributed by atoms with Crippen LogP contribution < -0.4 is 14.8 Å². The molecule has 1 heterocycles. The Bertz CT molecular complexity index is 1080. The Kier molecular flexibility index (Phi) is 9.68. The number of aromatic nitrogens is 1. The van der Waals surface area contributed by atoms with Gasteiger partial charge in [-0.05, 0) is 83.7 Å². The number of amides is 2. The molecule has 1 aromatic heterocycles. The summed E-state index contributed by atoms with van der Waals surface area (Å²) in [6.45, 7) is 10.1. The molecular formula is C29H39F2N3O4. The van der Waals surface area contributed by atoms with E-state index in [1.54, 1.807) is 11.1 Å². The van der Waals surface area contributed by atoms with Gasteiger partial charge in [0, 0.05) is 36.8 Å². The highest BCUT2D eigenvalue weighted by Gasteiger charge is 2.60. The normalized spacial score (nSPS) is 16.2. The van der Waals surface area contributed by atoms with Gasteiger partial charge < -0.3 is 19.7 Å². The first-order valence-electron chi connectivity index (χ1n) is 13.3.